The van der Waals surface area contributed by atoms with Gasteiger partial charge in [-0.2, -0.15) is 4.37 Å². The molecule has 1 aliphatic rings. The van der Waals surface area contributed by atoms with Gasteiger partial charge in [0.2, 0.25) is 0 Å². The quantitative estimate of drug-likeness (QED) is 0.449. The minimum atomic E-state index is 0.0464. The number of carbonyl (C=O) groups is 1. The van der Waals surface area contributed by atoms with E-state index in [9.17, 15) is 4.79 Å². The molecule has 1 aliphatic heterocycles. The van der Waals surface area contributed by atoms with Crippen molar-refractivity contribution >= 4 is 33.3 Å². The molecule has 2 aromatic carbocycles. The van der Waals surface area contributed by atoms with Crippen LogP contribution < -0.4 is 9.64 Å². The number of carbonyl (C=O) groups excluding carboxylic acids is 1. The summed E-state index contributed by atoms with van der Waals surface area (Å²) in [6.45, 7) is 7.06. The lowest BCUT2D eigenvalue weighted by Crippen LogP contribution is -2.49. The monoisotopic (exact) mass is 448 g/mol. The number of anilines is 1. The van der Waals surface area contributed by atoms with Gasteiger partial charge in [-0.3, -0.25) is 4.79 Å². The fraction of sp³-hybridized carbons (Fsp3) is 0.292. The lowest BCUT2D eigenvalue weighted by Gasteiger charge is -2.35. The summed E-state index contributed by atoms with van der Waals surface area (Å²) in [4.78, 5) is 17.2. The zero-order valence-electron chi connectivity index (χ0n) is 18.1. The Bertz CT molecular complexity index is 1220. The van der Waals surface area contributed by atoms with Crippen LogP contribution in [-0.2, 0) is 6.61 Å². The van der Waals surface area contributed by atoms with Gasteiger partial charge in [0.1, 0.15) is 23.9 Å². The number of benzene rings is 2. The van der Waals surface area contributed by atoms with E-state index in [-0.39, 0.29) is 5.91 Å². The van der Waals surface area contributed by atoms with Gasteiger partial charge in [-0.25, -0.2) is 0 Å². The maximum Gasteiger partial charge on any atom is 0.253 e. The minimum absolute atomic E-state index is 0.0464. The first kappa shape index (κ1) is 20.5. The maximum atomic E-state index is 13.0. The molecule has 0 saturated carbocycles. The number of aryl methyl sites for hydroxylation is 2. The number of piperazine rings is 1. The van der Waals surface area contributed by atoms with E-state index in [4.69, 9.17) is 9.26 Å². The minimum Gasteiger partial charge on any atom is -0.489 e. The SMILES string of the molecule is Cc1noc(C)c1COc1ccc(C(=O)N2CCN(c3nsc4ccccc34)CC2)cc1. The van der Waals surface area contributed by atoms with E-state index < -0.39 is 0 Å². The van der Waals surface area contributed by atoms with Gasteiger partial charge in [-0.15, -0.1) is 0 Å². The summed E-state index contributed by atoms with van der Waals surface area (Å²) >= 11 is 1.52. The van der Waals surface area contributed by atoms with E-state index in [0.29, 0.717) is 31.0 Å². The predicted molar refractivity (Wildman–Crippen MR) is 124 cm³/mol. The Kier molecular flexibility index (Phi) is 5.53. The van der Waals surface area contributed by atoms with Crippen molar-refractivity contribution in [3.63, 3.8) is 0 Å². The van der Waals surface area contributed by atoms with Gasteiger partial charge >= 0.3 is 0 Å². The van der Waals surface area contributed by atoms with Crippen molar-refractivity contribution < 1.29 is 14.1 Å². The van der Waals surface area contributed by atoms with E-state index in [2.05, 4.69) is 26.6 Å². The number of aromatic nitrogens is 2. The Morgan fingerprint density at radius 3 is 2.53 bits per heavy atom. The van der Waals surface area contributed by atoms with Crippen LogP contribution in [0, 0.1) is 13.8 Å². The van der Waals surface area contributed by atoms with Crippen LogP contribution in [0.5, 0.6) is 5.75 Å². The molecule has 2 aromatic heterocycles. The van der Waals surface area contributed by atoms with Crippen LogP contribution in [0.1, 0.15) is 27.4 Å². The number of fused-ring (bicyclic) bond motifs is 1. The van der Waals surface area contributed by atoms with E-state index >= 15 is 0 Å². The third-order valence-corrected chi connectivity index (χ3v) is 6.71. The molecule has 32 heavy (non-hydrogen) atoms. The first-order valence-corrected chi connectivity index (χ1v) is 11.4. The average molecular weight is 449 g/mol. The molecule has 1 amide bonds. The summed E-state index contributed by atoms with van der Waals surface area (Å²) in [6.07, 6.45) is 0. The van der Waals surface area contributed by atoms with Crippen LogP contribution in [0.2, 0.25) is 0 Å². The molecule has 0 aliphatic carbocycles. The Morgan fingerprint density at radius 2 is 1.81 bits per heavy atom. The van der Waals surface area contributed by atoms with Crippen LogP contribution in [0.4, 0.5) is 5.82 Å². The molecule has 3 heterocycles. The van der Waals surface area contributed by atoms with Crippen molar-refractivity contribution in [3.05, 3.63) is 71.1 Å². The summed E-state index contributed by atoms with van der Waals surface area (Å²) in [5, 5.41) is 5.13. The average Bonchev–Trinajstić information content (AvgIpc) is 3.40. The first-order chi connectivity index (χ1) is 15.6. The normalized spacial score (nSPS) is 14.2. The predicted octanol–water partition coefficient (Wildman–Crippen LogP) is 4.44. The number of hydrogen-bond acceptors (Lipinski definition) is 7. The highest BCUT2D eigenvalue weighted by Gasteiger charge is 2.24. The summed E-state index contributed by atoms with van der Waals surface area (Å²) in [7, 11) is 0. The molecule has 1 saturated heterocycles. The highest BCUT2D eigenvalue weighted by atomic mass is 32.1. The van der Waals surface area contributed by atoms with Crippen molar-refractivity contribution in [3.8, 4) is 5.75 Å². The number of nitrogens with zero attached hydrogens (tertiary/aromatic N) is 4. The first-order valence-electron chi connectivity index (χ1n) is 10.6. The van der Waals surface area contributed by atoms with Gasteiger partial charge in [0.25, 0.3) is 5.91 Å². The second-order valence-electron chi connectivity index (χ2n) is 7.90. The van der Waals surface area contributed by atoms with Gasteiger partial charge in [0, 0.05) is 37.1 Å². The zero-order valence-corrected chi connectivity index (χ0v) is 18.9. The number of hydrogen-bond donors (Lipinski definition) is 0. The van der Waals surface area contributed by atoms with Crippen LogP contribution >= 0.6 is 11.5 Å². The van der Waals surface area contributed by atoms with Gasteiger partial charge in [-0.1, -0.05) is 17.3 Å². The molecule has 5 rings (SSSR count). The zero-order chi connectivity index (χ0) is 22.1. The highest BCUT2D eigenvalue weighted by molar-refractivity contribution is 7.13. The Hall–Kier alpha value is -3.39. The van der Waals surface area contributed by atoms with Crippen LogP contribution in [0.3, 0.4) is 0 Å². The molecule has 164 valence electrons. The molecular weight excluding hydrogens is 424 g/mol. The molecule has 0 atom stereocenters. The standard InChI is InChI=1S/C24H24N4O3S/c1-16-21(17(2)31-25-16)15-30-19-9-7-18(8-10-19)24(29)28-13-11-27(12-14-28)23-20-5-3-4-6-22(20)32-26-23/h3-10H,11-15H2,1-2H3. The summed E-state index contributed by atoms with van der Waals surface area (Å²) in [6, 6.07) is 15.6. The highest BCUT2D eigenvalue weighted by Crippen LogP contribution is 2.30. The third-order valence-electron chi connectivity index (χ3n) is 5.89. The van der Waals surface area contributed by atoms with E-state index in [1.54, 1.807) is 0 Å². The Labute approximate surface area is 190 Å². The van der Waals surface area contributed by atoms with Crippen molar-refractivity contribution in [2.75, 3.05) is 31.1 Å². The van der Waals surface area contributed by atoms with Gasteiger partial charge in [-0.05, 0) is 61.8 Å². The second-order valence-corrected chi connectivity index (χ2v) is 8.70. The molecule has 4 aromatic rings. The van der Waals surface area contributed by atoms with E-state index in [0.717, 1.165) is 35.9 Å². The third kappa shape index (κ3) is 3.93. The molecule has 7 nitrogen and oxygen atoms in total. The Morgan fingerprint density at radius 1 is 1.06 bits per heavy atom. The largest absolute Gasteiger partial charge is 0.489 e. The van der Waals surface area contributed by atoms with Crippen LogP contribution in [0.15, 0.2) is 53.1 Å². The van der Waals surface area contributed by atoms with Crippen molar-refractivity contribution in [2.24, 2.45) is 0 Å². The molecule has 1 fully saturated rings. The lowest BCUT2D eigenvalue weighted by molar-refractivity contribution is 0.0746. The maximum absolute atomic E-state index is 13.0. The van der Waals surface area contributed by atoms with Crippen LogP contribution in [-0.4, -0.2) is 46.5 Å². The Balaban J connectivity index is 1.19. The smallest absolute Gasteiger partial charge is 0.253 e. The number of rotatable bonds is 5. The fourth-order valence-corrected chi connectivity index (χ4v) is 4.76. The number of amides is 1. The van der Waals surface area contributed by atoms with Crippen molar-refractivity contribution in [1.82, 2.24) is 14.4 Å². The van der Waals surface area contributed by atoms with Crippen molar-refractivity contribution in [2.45, 2.75) is 20.5 Å². The van der Waals surface area contributed by atoms with Crippen molar-refractivity contribution in [1.29, 1.82) is 0 Å². The second kappa shape index (κ2) is 8.63. The fourth-order valence-electron chi connectivity index (χ4n) is 3.96. The molecular formula is C24H24N4O3S. The summed E-state index contributed by atoms with van der Waals surface area (Å²) in [5.41, 5.74) is 2.46. The molecule has 8 heteroatoms. The van der Waals surface area contributed by atoms with Gasteiger partial charge in [0.05, 0.1) is 16.0 Å². The summed E-state index contributed by atoms with van der Waals surface area (Å²) < 4.78 is 16.8. The lowest BCUT2D eigenvalue weighted by atomic mass is 10.1. The topological polar surface area (TPSA) is 71.7 Å². The molecule has 0 spiro atoms. The molecule has 0 radical (unpaired) electrons. The van der Waals surface area contributed by atoms with E-state index in [1.165, 1.54) is 21.6 Å². The van der Waals surface area contributed by atoms with Crippen LogP contribution in [0.25, 0.3) is 10.1 Å². The van der Waals surface area contributed by atoms with Gasteiger partial charge in [0.15, 0.2) is 0 Å². The number of ether oxygens (including phenoxy) is 1. The molecule has 0 unspecified atom stereocenters. The molecule has 0 N–H and O–H groups in total. The summed E-state index contributed by atoms with van der Waals surface area (Å²) in [5.74, 6) is 2.54. The van der Waals surface area contributed by atoms with Gasteiger partial charge < -0.3 is 19.1 Å². The van der Waals surface area contributed by atoms with E-state index in [1.807, 2.05) is 55.1 Å². The molecule has 0 bridgehead atoms.